The number of rotatable bonds is 28. The predicted molar refractivity (Wildman–Crippen MR) is 196 cm³/mol. The summed E-state index contributed by atoms with van der Waals surface area (Å²) in [6.07, 6.45) is 15.3. The highest BCUT2D eigenvalue weighted by atomic mass is 31.2. The highest BCUT2D eigenvalue weighted by Gasteiger charge is 2.51. The van der Waals surface area contributed by atoms with Crippen LogP contribution < -0.4 is 5.32 Å². The summed E-state index contributed by atoms with van der Waals surface area (Å²) in [5.74, 6) is -0.624. The van der Waals surface area contributed by atoms with Crippen LogP contribution in [0.25, 0.3) is 0 Å². The number of hydrogen-bond donors (Lipinski definition) is 9. The van der Waals surface area contributed by atoms with Gasteiger partial charge in [0.05, 0.1) is 31.3 Å². The van der Waals surface area contributed by atoms with E-state index in [2.05, 4.69) is 49.5 Å². The van der Waals surface area contributed by atoms with Crippen LogP contribution in [-0.2, 0) is 18.4 Å². The van der Waals surface area contributed by atoms with E-state index in [1.165, 1.54) is 25.3 Å². The van der Waals surface area contributed by atoms with Crippen LogP contribution in [0.4, 0.5) is 0 Å². The molecule has 0 aliphatic heterocycles. The molecule has 1 aliphatic rings. The van der Waals surface area contributed by atoms with Crippen molar-refractivity contribution in [2.75, 3.05) is 6.61 Å². The first-order valence-electron chi connectivity index (χ1n) is 18.7. The summed E-state index contributed by atoms with van der Waals surface area (Å²) in [5, 5.41) is 73.8. The molecule has 1 fully saturated rings. The molecule has 0 spiro atoms. The third kappa shape index (κ3) is 20.9. The molecule has 8 unspecified atom stereocenters. The van der Waals surface area contributed by atoms with Gasteiger partial charge in [-0.15, -0.1) is 0 Å². The van der Waals surface area contributed by atoms with Gasteiger partial charge in [0.2, 0.25) is 5.91 Å². The van der Waals surface area contributed by atoms with Gasteiger partial charge in [-0.1, -0.05) is 101 Å². The Bertz CT molecular complexity index is 1070. The molecule has 1 amide bonds. The Morgan fingerprint density at radius 3 is 1.69 bits per heavy atom. The van der Waals surface area contributed by atoms with E-state index in [4.69, 9.17) is 9.05 Å². The van der Waals surface area contributed by atoms with E-state index in [0.29, 0.717) is 19.3 Å². The summed E-state index contributed by atoms with van der Waals surface area (Å²) in [5.41, 5.74) is 0. The highest BCUT2D eigenvalue weighted by molar-refractivity contribution is 7.47. The molecular formula is C37H66NO12P. The zero-order valence-electron chi connectivity index (χ0n) is 30.5. The molecule has 9 N–H and O–H groups in total. The first kappa shape index (κ1) is 47.3. The molecular weight excluding hydrogens is 681 g/mol. The van der Waals surface area contributed by atoms with E-state index < -0.39 is 75.2 Å². The molecule has 0 aromatic rings. The first-order chi connectivity index (χ1) is 24.3. The minimum Gasteiger partial charge on any atom is -0.393 e. The number of hydrogen-bond acceptors (Lipinski definition) is 11. The number of unbranched alkanes of at least 4 members (excludes halogenated alkanes) is 9. The van der Waals surface area contributed by atoms with Crippen molar-refractivity contribution < 1.29 is 59.0 Å². The van der Waals surface area contributed by atoms with Crippen molar-refractivity contribution in [3.05, 3.63) is 48.6 Å². The van der Waals surface area contributed by atoms with E-state index in [-0.39, 0.29) is 6.42 Å². The zero-order valence-corrected chi connectivity index (χ0v) is 31.4. The topological polar surface area (TPSA) is 226 Å². The van der Waals surface area contributed by atoms with Gasteiger partial charge in [0.15, 0.2) is 0 Å². The molecule has 8 atom stereocenters. The number of phosphoric acid groups is 1. The molecule has 14 heteroatoms. The zero-order chi connectivity index (χ0) is 38.1. The van der Waals surface area contributed by atoms with Crippen LogP contribution in [0.5, 0.6) is 0 Å². The fourth-order valence-corrected chi connectivity index (χ4v) is 6.38. The number of allylic oxidation sites excluding steroid dienone is 7. The molecule has 1 rings (SSSR count). The largest absolute Gasteiger partial charge is 0.472 e. The predicted octanol–water partition coefficient (Wildman–Crippen LogP) is 4.02. The monoisotopic (exact) mass is 747 g/mol. The summed E-state index contributed by atoms with van der Waals surface area (Å²) in [6.45, 7) is 3.55. The summed E-state index contributed by atoms with van der Waals surface area (Å²) >= 11 is 0. The molecule has 51 heavy (non-hydrogen) atoms. The van der Waals surface area contributed by atoms with Gasteiger partial charge in [-0.3, -0.25) is 13.8 Å². The second-order valence-corrected chi connectivity index (χ2v) is 14.6. The number of aliphatic hydroxyl groups is 7. The Kier molecular flexibility index (Phi) is 25.8. The van der Waals surface area contributed by atoms with Gasteiger partial charge in [-0.25, -0.2) is 4.57 Å². The number of phosphoric ester groups is 1. The number of nitrogens with one attached hydrogen (secondary N) is 1. The second-order valence-electron chi connectivity index (χ2n) is 13.2. The lowest BCUT2D eigenvalue weighted by atomic mass is 9.85. The van der Waals surface area contributed by atoms with Crippen molar-refractivity contribution in [1.82, 2.24) is 5.32 Å². The lowest BCUT2D eigenvalue weighted by Gasteiger charge is -2.41. The quantitative estimate of drug-likeness (QED) is 0.0314. The smallest absolute Gasteiger partial charge is 0.393 e. The van der Waals surface area contributed by atoms with Crippen LogP contribution in [-0.4, -0.2) is 108 Å². The maximum Gasteiger partial charge on any atom is 0.472 e. The Labute approximate surface area is 304 Å². The van der Waals surface area contributed by atoms with Crippen molar-refractivity contribution in [2.45, 2.75) is 171 Å². The van der Waals surface area contributed by atoms with Crippen molar-refractivity contribution >= 4 is 13.7 Å². The van der Waals surface area contributed by atoms with E-state index in [1.807, 2.05) is 6.08 Å². The van der Waals surface area contributed by atoms with Crippen LogP contribution in [0.3, 0.4) is 0 Å². The van der Waals surface area contributed by atoms with Crippen molar-refractivity contribution in [3.8, 4) is 0 Å². The lowest BCUT2D eigenvalue weighted by molar-refractivity contribution is -0.220. The molecule has 0 aromatic carbocycles. The number of amides is 1. The molecule has 1 saturated carbocycles. The van der Waals surface area contributed by atoms with Gasteiger partial charge in [0, 0.05) is 0 Å². The summed E-state index contributed by atoms with van der Waals surface area (Å²) in [6, 6.07) is -1.27. The Morgan fingerprint density at radius 1 is 0.686 bits per heavy atom. The Balaban J connectivity index is 2.75. The van der Waals surface area contributed by atoms with Gasteiger partial charge >= 0.3 is 7.82 Å². The minimum absolute atomic E-state index is 0.270. The van der Waals surface area contributed by atoms with Crippen LogP contribution in [0, 0.1) is 0 Å². The van der Waals surface area contributed by atoms with Crippen molar-refractivity contribution in [2.24, 2.45) is 0 Å². The lowest BCUT2D eigenvalue weighted by Crippen LogP contribution is -2.64. The first-order valence-corrected chi connectivity index (χ1v) is 20.2. The Morgan fingerprint density at radius 2 is 1.16 bits per heavy atom. The average molecular weight is 748 g/mol. The fourth-order valence-electron chi connectivity index (χ4n) is 5.41. The summed E-state index contributed by atoms with van der Waals surface area (Å²) < 4.78 is 22.7. The fraction of sp³-hybridized carbons (Fsp3) is 0.757. The highest BCUT2D eigenvalue weighted by Crippen LogP contribution is 2.47. The maximum atomic E-state index is 12.8. The normalized spacial score (nSPS) is 25.9. The maximum absolute atomic E-state index is 12.8. The van der Waals surface area contributed by atoms with Crippen molar-refractivity contribution in [3.63, 3.8) is 0 Å². The van der Waals surface area contributed by atoms with Crippen LogP contribution in [0.1, 0.15) is 117 Å². The third-order valence-corrected chi connectivity index (χ3v) is 9.60. The molecule has 0 heterocycles. The van der Waals surface area contributed by atoms with Gasteiger partial charge in [-0.05, 0) is 57.8 Å². The Hall–Kier alpha value is -1.74. The summed E-state index contributed by atoms with van der Waals surface area (Å²) in [7, 11) is -5.14. The van der Waals surface area contributed by atoms with E-state index >= 15 is 0 Å². The molecule has 0 saturated heterocycles. The molecule has 296 valence electrons. The third-order valence-electron chi connectivity index (χ3n) is 8.61. The average Bonchev–Trinajstić information content (AvgIpc) is 3.09. The van der Waals surface area contributed by atoms with Crippen molar-refractivity contribution in [1.29, 1.82) is 0 Å². The molecule has 0 aromatic heterocycles. The van der Waals surface area contributed by atoms with Gasteiger partial charge in [0.25, 0.3) is 0 Å². The standard InChI is InChI=1S/C37H66NO12P/c1-3-5-7-9-11-13-14-15-17-19-21-23-25-30(40)29(38-31(41)26-28(39)24-22-20-18-16-12-10-8-6-4-2)27-49-51(47,48)50-37-35(45)33(43)32(42)34(44)36(37)46/h9-12,15,17,23,25,28-30,32-37,39-40,42-46H,3-8,13-14,16,18-22,24,26-27H2,1-2H3,(H,38,41)(H,47,48)/b11-9+,12-10-,17-15+,25-23+. The van der Waals surface area contributed by atoms with Gasteiger partial charge < -0.3 is 46.0 Å². The van der Waals surface area contributed by atoms with Crippen LogP contribution >= 0.6 is 7.82 Å². The van der Waals surface area contributed by atoms with Crippen LogP contribution in [0.2, 0.25) is 0 Å². The van der Waals surface area contributed by atoms with E-state index in [0.717, 1.165) is 57.8 Å². The number of carbonyl (C=O) groups is 1. The molecule has 0 radical (unpaired) electrons. The number of carbonyl (C=O) groups excluding carboxylic acids is 1. The van der Waals surface area contributed by atoms with E-state index in [9.17, 15) is 50.0 Å². The summed E-state index contributed by atoms with van der Waals surface area (Å²) in [4.78, 5) is 23.2. The SMILES string of the molecule is CCCC/C=C\CCCCCC(O)CC(=O)NC(COP(=O)(O)OC1C(O)C(O)C(O)C(O)C1O)C(O)/C=C/CC/C=C/CC/C=C/CCCC. The van der Waals surface area contributed by atoms with Gasteiger partial charge in [-0.2, -0.15) is 0 Å². The second kappa shape index (κ2) is 27.8. The minimum atomic E-state index is -5.14. The number of aliphatic hydroxyl groups excluding tert-OH is 7. The van der Waals surface area contributed by atoms with Crippen LogP contribution in [0.15, 0.2) is 48.6 Å². The molecule has 1 aliphatic carbocycles. The molecule has 13 nitrogen and oxygen atoms in total. The van der Waals surface area contributed by atoms with Gasteiger partial charge in [0.1, 0.15) is 36.6 Å². The van der Waals surface area contributed by atoms with E-state index in [1.54, 1.807) is 6.08 Å². The molecule has 0 bridgehead atoms.